The molecule has 1 aliphatic heterocycles. The molecule has 7 nitrogen and oxygen atoms in total. The zero-order valence-electron chi connectivity index (χ0n) is 12.4. The summed E-state index contributed by atoms with van der Waals surface area (Å²) in [5, 5.41) is 2.31. The third-order valence-corrected chi connectivity index (χ3v) is 3.73. The summed E-state index contributed by atoms with van der Waals surface area (Å²) in [4.78, 5) is 36.7. The molecule has 0 aliphatic carbocycles. The summed E-state index contributed by atoms with van der Waals surface area (Å²) in [6.07, 6.45) is 0. The summed E-state index contributed by atoms with van der Waals surface area (Å²) in [6.45, 7) is 5.35. The minimum atomic E-state index is -0.856. The monoisotopic (exact) mass is 294 g/mol. The van der Waals surface area contributed by atoms with E-state index in [1.807, 2.05) is 6.92 Å². The molecule has 1 aromatic heterocycles. The molecule has 21 heavy (non-hydrogen) atoms. The van der Waals surface area contributed by atoms with E-state index in [1.165, 1.54) is 13.2 Å². The molecule has 0 spiro atoms. The quantitative estimate of drug-likeness (QED) is 0.657. The van der Waals surface area contributed by atoms with Gasteiger partial charge in [0.15, 0.2) is 0 Å². The van der Waals surface area contributed by atoms with Crippen LogP contribution in [0.15, 0.2) is 16.5 Å². The van der Waals surface area contributed by atoms with Crippen molar-refractivity contribution >= 4 is 17.8 Å². The number of nitrogens with zero attached hydrogens (tertiary/aromatic N) is 1. The molecular weight excluding hydrogens is 276 g/mol. The molecule has 7 heteroatoms. The Bertz CT molecular complexity index is 590. The number of hydrogen-bond donors (Lipinski definition) is 1. The largest absolute Gasteiger partial charge is 0.463 e. The van der Waals surface area contributed by atoms with Gasteiger partial charge in [0.1, 0.15) is 5.76 Å². The van der Waals surface area contributed by atoms with Gasteiger partial charge in [-0.15, -0.1) is 0 Å². The van der Waals surface area contributed by atoms with Crippen molar-refractivity contribution in [2.75, 3.05) is 13.7 Å². The molecule has 114 valence electrons. The van der Waals surface area contributed by atoms with Gasteiger partial charge in [-0.05, 0) is 32.9 Å². The van der Waals surface area contributed by atoms with Gasteiger partial charge in [-0.3, -0.25) is 19.8 Å². The maximum Gasteiger partial charge on any atom is 0.373 e. The van der Waals surface area contributed by atoms with E-state index in [2.05, 4.69) is 10.1 Å². The zero-order chi connectivity index (χ0) is 15.8. The van der Waals surface area contributed by atoms with E-state index in [1.54, 1.807) is 24.8 Å². The molecule has 2 heterocycles. The highest BCUT2D eigenvalue weighted by atomic mass is 16.5. The smallest absolute Gasteiger partial charge is 0.373 e. The van der Waals surface area contributed by atoms with Gasteiger partial charge < -0.3 is 9.15 Å². The van der Waals surface area contributed by atoms with Crippen molar-refractivity contribution in [1.82, 2.24) is 10.2 Å². The van der Waals surface area contributed by atoms with Crippen LogP contribution in [0.5, 0.6) is 0 Å². The van der Waals surface area contributed by atoms with Crippen LogP contribution in [-0.2, 0) is 14.3 Å². The summed E-state index contributed by atoms with van der Waals surface area (Å²) in [5.41, 5.74) is -0.856. The highest BCUT2D eigenvalue weighted by molar-refractivity contribution is 6.03. The van der Waals surface area contributed by atoms with E-state index >= 15 is 0 Å². The van der Waals surface area contributed by atoms with Gasteiger partial charge in [-0.1, -0.05) is 0 Å². The number of imide groups is 1. The second-order valence-electron chi connectivity index (χ2n) is 5.43. The van der Waals surface area contributed by atoms with E-state index in [0.717, 1.165) is 0 Å². The number of piperazine rings is 1. The number of esters is 1. The number of amides is 2. The lowest BCUT2D eigenvalue weighted by Gasteiger charge is -2.42. The summed E-state index contributed by atoms with van der Waals surface area (Å²) in [5.74, 6) is -0.702. The maximum absolute atomic E-state index is 12.0. The SMILES string of the molecule is COC(=O)c1ccc(C(C)N2CC(=O)NC(=O)C2(C)C)o1. The second-order valence-corrected chi connectivity index (χ2v) is 5.43. The van der Waals surface area contributed by atoms with Crippen LogP contribution in [0.25, 0.3) is 0 Å². The van der Waals surface area contributed by atoms with E-state index in [4.69, 9.17) is 4.42 Å². The Morgan fingerprint density at radius 1 is 1.43 bits per heavy atom. The van der Waals surface area contributed by atoms with Crippen LogP contribution in [0, 0.1) is 0 Å². The number of ether oxygens (including phenoxy) is 1. The molecule has 2 amide bonds. The van der Waals surface area contributed by atoms with Crippen LogP contribution in [0.1, 0.15) is 43.1 Å². The Labute approximate surface area is 122 Å². The van der Waals surface area contributed by atoms with E-state index in [0.29, 0.717) is 5.76 Å². The van der Waals surface area contributed by atoms with Crippen molar-refractivity contribution in [3.05, 3.63) is 23.7 Å². The Kier molecular flexibility index (Phi) is 3.87. The first kappa shape index (κ1) is 15.2. The van der Waals surface area contributed by atoms with Crippen molar-refractivity contribution in [1.29, 1.82) is 0 Å². The van der Waals surface area contributed by atoms with Gasteiger partial charge in [0.25, 0.3) is 0 Å². The van der Waals surface area contributed by atoms with Crippen LogP contribution < -0.4 is 5.32 Å². The molecule has 2 rings (SSSR count). The lowest BCUT2D eigenvalue weighted by molar-refractivity contribution is -0.147. The predicted molar refractivity (Wildman–Crippen MR) is 72.4 cm³/mol. The topological polar surface area (TPSA) is 88.9 Å². The summed E-state index contributed by atoms with van der Waals surface area (Å²) in [6, 6.07) is 2.81. The average molecular weight is 294 g/mol. The molecule has 1 N–H and O–H groups in total. The van der Waals surface area contributed by atoms with Crippen LogP contribution in [-0.4, -0.2) is 41.9 Å². The van der Waals surface area contributed by atoms with Gasteiger partial charge >= 0.3 is 5.97 Å². The average Bonchev–Trinajstić information content (AvgIpc) is 2.91. The van der Waals surface area contributed by atoms with Crippen LogP contribution in [0.2, 0.25) is 0 Å². The fraction of sp³-hybridized carbons (Fsp3) is 0.500. The third-order valence-electron chi connectivity index (χ3n) is 3.73. The Hall–Kier alpha value is -2.15. The minimum Gasteiger partial charge on any atom is -0.463 e. The van der Waals surface area contributed by atoms with Crippen molar-refractivity contribution < 1.29 is 23.5 Å². The Morgan fingerprint density at radius 3 is 2.71 bits per heavy atom. The number of methoxy groups -OCH3 is 1. The fourth-order valence-corrected chi connectivity index (χ4v) is 2.36. The molecule has 1 fully saturated rings. The summed E-state index contributed by atoms with van der Waals surface area (Å²) < 4.78 is 10.0. The molecular formula is C14H18N2O5. The Balaban J connectivity index is 2.27. The zero-order valence-corrected chi connectivity index (χ0v) is 12.4. The number of carbonyl (C=O) groups is 3. The predicted octanol–water partition coefficient (Wildman–Crippen LogP) is 0.864. The molecule has 1 unspecified atom stereocenters. The van der Waals surface area contributed by atoms with Gasteiger partial charge in [0.05, 0.1) is 25.2 Å². The third kappa shape index (κ3) is 2.69. The standard InChI is InChI=1S/C14H18N2O5/c1-8(9-5-6-10(21-9)12(18)20-4)16-7-11(17)15-13(19)14(16,2)3/h5-6,8H,7H2,1-4H3,(H,15,17,19). The summed E-state index contributed by atoms with van der Waals surface area (Å²) in [7, 11) is 1.27. The Morgan fingerprint density at radius 2 is 2.10 bits per heavy atom. The summed E-state index contributed by atoms with van der Waals surface area (Å²) >= 11 is 0. The first-order chi connectivity index (χ1) is 9.77. The molecule has 1 saturated heterocycles. The van der Waals surface area contributed by atoms with Crippen molar-refractivity contribution in [3.63, 3.8) is 0 Å². The van der Waals surface area contributed by atoms with Gasteiger partial charge in [-0.2, -0.15) is 0 Å². The molecule has 0 radical (unpaired) electrons. The second kappa shape index (κ2) is 5.33. The first-order valence-corrected chi connectivity index (χ1v) is 6.56. The first-order valence-electron chi connectivity index (χ1n) is 6.56. The van der Waals surface area contributed by atoms with E-state index in [9.17, 15) is 14.4 Å². The molecule has 0 saturated carbocycles. The maximum atomic E-state index is 12.0. The number of hydrogen-bond acceptors (Lipinski definition) is 6. The van der Waals surface area contributed by atoms with Crippen LogP contribution >= 0.6 is 0 Å². The van der Waals surface area contributed by atoms with Crippen LogP contribution in [0.4, 0.5) is 0 Å². The highest BCUT2D eigenvalue weighted by Crippen LogP contribution is 2.31. The fourth-order valence-electron chi connectivity index (χ4n) is 2.36. The molecule has 1 aliphatic rings. The highest BCUT2D eigenvalue weighted by Gasteiger charge is 2.44. The number of rotatable bonds is 3. The number of carbonyl (C=O) groups excluding carboxylic acids is 3. The normalized spacial score (nSPS) is 20.0. The van der Waals surface area contributed by atoms with E-state index in [-0.39, 0.29) is 30.2 Å². The van der Waals surface area contributed by atoms with Crippen molar-refractivity contribution in [2.45, 2.75) is 32.4 Å². The minimum absolute atomic E-state index is 0.0775. The van der Waals surface area contributed by atoms with Gasteiger partial charge in [0.2, 0.25) is 17.6 Å². The lowest BCUT2D eigenvalue weighted by atomic mass is 9.96. The molecule has 0 aromatic carbocycles. The van der Waals surface area contributed by atoms with Crippen molar-refractivity contribution in [3.8, 4) is 0 Å². The lowest BCUT2D eigenvalue weighted by Crippen LogP contribution is -2.64. The van der Waals surface area contributed by atoms with Gasteiger partial charge in [-0.25, -0.2) is 4.79 Å². The van der Waals surface area contributed by atoms with E-state index < -0.39 is 11.5 Å². The molecule has 0 bridgehead atoms. The molecule has 1 aromatic rings. The number of furan rings is 1. The van der Waals surface area contributed by atoms with Crippen LogP contribution in [0.3, 0.4) is 0 Å². The molecule has 1 atom stereocenters. The number of nitrogens with one attached hydrogen (secondary N) is 1. The van der Waals surface area contributed by atoms with Gasteiger partial charge in [0, 0.05) is 0 Å². The van der Waals surface area contributed by atoms with Crippen molar-refractivity contribution in [2.24, 2.45) is 0 Å².